The summed E-state index contributed by atoms with van der Waals surface area (Å²) < 4.78 is 15.9. The van der Waals surface area contributed by atoms with E-state index >= 15 is 0 Å². The van der Waals surface area contributed by atoms with Crippen LogP contribution in [0, 0.1) is 11.7 Å². The number of carbonyl (C=O) groups excluding carboxylic acids is 1. The molecule has 8 heteroatoms. The first-order valence-corrected chi connectivity index (χ1v) is 10.9. The van der Waals surface area contributed by atoms with E-state index in [0.29, 0.717) is 39.1 Å². The molecule has 2 aliphatic heterocycles. The number of carboxylic acid groups (broad SMARTS) is 1. The molecule has 1 atom stereocenters. The number of rotatable bonds is 5. The number of aromatic nitrogens is 2. The van der Waals surface area contributed by atoms with Gasteiger partial charge in [-0.05, 0) is 54.8 Å². The normalized spacial score (nSPS) is 18.8. The first-order valence-electron chi connectivity index (χ1n) is 10.9. The highest BCUT2D eigenvalue weighted by Crippen LogP contribution is 2.31. The van der Waals surface area contributed by atoms with Crippen molar-refractivity contribution in [2.24, 2.45) is 5.92 Å². The maximum atomic E-state index is 13.8. The van der Waals surface area contributed by atoms with Gasteiger partial charge in [-0.1, -0.05) is 12.1 Å². The summed E-state index contributed by atoms with van der Waals surface area (Å²) in [6.07, 6.45) is 3.07. The van der Waals surface area contributed by atoms with Gasteiger partial charge in [0.25, 0.3) is 0 Å². The van der Waals surface area contributed by atoms with E-state index in [2.05, 4.69) is 15.6 Å². The number of fused-ring (bicyclic) bond motifs is 3. The average Bonchev–Trinajstić information content (AvgIpc) is 3.37. The number of carboxylic acids is 1. The Balaban J connectivity index is 1.39. The molecular formula is C24H25FN4O3. The zero-order chi connectivity index (χ0) is 22.2. The van der Waals surface area contributed by atoms with Gasteiger partial charge >= 0.3 is 5.97 Å². The lowest BCUT2D eigenvalue weighted by Crippen LogP contribution is -2.42. The molecule has 1 saturated heterocycles. The van der Waals surface area contributed by atoms with Crippen molar-refractivity contribution in [2.45, 2.75) is 25.9 Å². The number of aliphatic carboxylic acids is 1. The summed E-state index contributed by atoms with van der Waals surface area (Å²) in [5.74, 6) is -1.45. The number of benzene rings is 1. The third kappa shape index (κ3) is 3.86. The highest BCUT2D eigenvalue weighted by molar-refractivity contribution is 5.84. The molecule has 1 aromatic carbocycles. The van der Waals surface area contributed by atoms with Gasteiger partial charge in [0, 0.05) is 36.9 Å². The molecule has 0 aliphatic carbocycles. The minimum absolute atomic E-state index is 0.0113. The van der Waals surface area contributed by atoms with Crippen LogP contribution in [0.2, 0.25) is 0 Å². The Bertz CT molecular complexity index is 1190. The molecule has 1 unspecified atom stereocenters. The fraction of sp³-hybridized carbons (Fsp3) is 0.375. The molecule has 0 radical (unpaired) electrons. The van der Waals surface area contributed by atoms with Crippen molar-refractivity contribution in [3.05, 3.63) is 65.2 Å². The van der Waals surface area contributed by atoms with Gasteiger partial charge in [0.1, 0.15) is 11.5 Å². The Morgan fingerprint density at radius 1 is 1.19 bits per heavy atom. The summed E-state index contributed by atoms with van der Waals surface area (Å²) in [5.41, 5.74) is 3.92. The Hall–Kier alpha value is -3.26. The molecule has 166 valence electrons. The number of likely N-dealkylation sites (tertiary alicyclic amines) is 1. The van der Waals surface area contributed by atoms with Crippen LogP contribution in [-0.4, -0.2) is 62.5 Å². The van der Waals surface area contributed by atoms with Crippen molar-refractivity contribution < 1.29 is 19.1 Å². The maximum Gasteiger partial charge on any atom is 0.307 e. The van der Waals surface area contributed by atoms with E-state index < -0.39 is 11.9 Å². The number of halogens is 1. The van der Waals surface area contributed by atoms with Crippen LogP contribution in [0.15, 0.2) is 42.6 Å². The summed E-state index contributed by atoms with van der Waals surface area (Å²) in [7, 11) is 0. The molecule has 0 bridgehead atoms. The van der Waals surface area contributed by atoms with Crippen molar-refractivity contribution in [1.82, 2.24) is 19.4 Å². The highest BCUT2D eigenvalue weighted by Gasteiger charge is 2.32. The summed E-state index contributed by atoms with van der Waals surface area (Å²) in [4.78, 5) is 32.6. The standard InChI is InChI=1S/C24H25FN4O3/c25-18-4-1-3-16(11-18)12-29-21-14-28(10-7-19(21)20-5-2-8-26-23(20)29)22(30)15-27-9-6-17(13-27)24(31)32/h1-5,8,11,17H,6-7,9-10,12-15H2,(H,31,32). The fourth-order valence-electron chi connectivity index (χ4n) is 4.93. The molecule has 5 rings (SSSR count). The highest BCUT2D eigenvalue weighted by atomic mass is 19.1. The second-order valence-corrected chi connectivity index (χ2v) is 8.64. The molecule has 32 heavy (non-hydrogen) atoms. The topological polar surface area (TPSA) is 78.7 Å². The fourth-order valence-corrected chi connectivity index (χ4v) is 4.93. The molecule has 1 fully saturated rings. The van der Waals surface area contributed by atoms with Crippen molar-refractivity contribution in [3.8, 4) is 0 Å². The van der Waals surface area contributed by atoms with E-state index in [4.69, 9.17) is 0 Å². The molecule has 1 amide bonds. The van der Waals surface area contributed by atoms with E-state index in [0.717, 1.165) is 28.7 Å². The van der Waals surface area contributed by atoms with E-state index in [9.17, 15) is 19.1 Å². The molecule has 0 saturated carbocycles. The molecule has 7 nitrogen and oxygen atoms in total. The van der Waals surface area contributed by atoms with Crippen molar-refractivity contribution in [3.63, 3.8) is 0 Å². The SMILES string of the molecule is O=C(O)C1CCN(CC(=O)N2CCc3c(n(Cc4cccc(F)c4)c4ncccc34)C2)C1. The lowest BCUT2D eigenvalue weighted by atomic mass is 10.0. The molecule has 2 aromatic heterocycles. The summed E-state index contributed by atoms with van der Waals surface area (Å²) >= 11 is 0. The van der Waals surface area contributed by atoms with Gasteiger partial charge in [-0.3, -0.25) is 14.5 Å². The number of carbonyl (C=O) groups is 2. The largest absolute Gasteiger partial charge is 0.481 e. The van der Waals surface area contributed by atoms with Crippen LogP contribution < -0.4 is 0 Å². The molecular weight excluding hydrogens is 411 g/mol. The van der Waals surface area contributed by atoms with Crippen LogP contribution >= 0.6 is 0 Å². The van der Waals surface area contributed by atoms with E-state index in [1.54, 1.807) is 12.3 Å². The van der Waals surface area contributed by atoms with E-state index in [1.165, 1.54) is 17.7 Å². The van der Waals surface area contributed by atoms with Gasteiger partial charge in [-0.15, -0.1) is 0 Å². The minimum atomic E-state index is -0.795. The molecule has 0 spiro atoms. The number of hydrogen-bond donors (Lipinski definition) is 1. The molecule has 1 N–H and O–H groups in total. The summed E-state index contributed by atoms with van der Waals surface area (Å²) in [6.45, 7) is 2.86. The quantitative estimate of drug-likeness (QED) is 0.665. The molecule has 3 aromatic rings. The van der Waals surface area contributed by atoms with Gasteiger partial charge in [0.2, 0.25) is 5.91 Å². The van der Waals surface area contributed by atoms with Crippen LogP contribution in [-0.2, 0) is 29.1 Å². The number of pyridine rings is 1. The van der Waals surface area contributed by atoms with Crippen LogP contribution in [0.25, 0.3) is 11.0 Å². The second-order valence-electron chi connectivity index (χ2n) is 8.64. The predicted molar refractivity (Wildman–Crippen MR) is 117 cm³/mol. The third-order valence-electron chi connectivity index (χ3n) is 6.58. The molecule has 2 aliphatic rings. The van der Waals surface area contributed by atoms with Crippen LogP contribution in [0.4, 0.5) is 4.39 Å². The number of nitrogens with zero attached hydrogens (tertiary/aromatic N) is 4. The van der Waals surface area contributed by atoms with Crippen molar-refractivity contribution >= 4 is 22.9 Å². The Morgan fingerprint density at radius 2 is 2.06 bits per heavy atom. The number of hydrogen-bond acceptors (Lipinski definition) is 4. The van der Waals surface area contributed by atoms with Gasteiger partial charge < -0.3 is 14.6 Å². The van der Waals surface area contributed by atoms with Crippen molar-refractivity contribution in [2.75, 3.05) is 26.2 Å². The zero-order valence-electron chi connectivity index (χ0n) is 17.7. The zero-order valence-corrected chi connectivity index (χ0v) is 17.7. The van der Waals surface area contributed by atoms with E-state index in [1.807, 2.05) is 21.9 Å². The summed E-state index contributed by atoms with van der Waals surface area (Å²) in [6, 6.07) is 10.5. The average molecular weight is 436 g/mol. The Kier molecular flexibility index (Phi) is 5.38. The van der Waals surface area contributed by atoms with Crippen LogP contribution in [0.3, 0.4) is 0 Å². The first kappa shape index (κ1) is 20.6. The van der Waals surface area contributed by atoms with Gasteiger partial charge in [0.05, 0.1) is 19.0 Å². The van der Waals surface area contributed by atoms with E-state index in [-0.39, 0.29) is 18.3 Å². The van der Waals surface area contributed by atoms with Crippen LogP contribution in [0.5, 0.6) is 0 Å². The Labute approximate surface area is 185 Å². The van der Waals surface area contributed by atoms with Gasteiger partial charge in [-0.2, -0.15) is 0 Å². The maximum absolute atomic E-state index is 13.8. The Morgan fingerprint density at radius 3 is 2.84 bits per heavy atom. The van der Waals surface area contributed by atoms with Crippen molar-refractivity contribution in [1.29, 1.82) is 0 Å². The predicted octanol–water partition coefficient (Wildman–Crippen LogP) is 2.51. The smallest absolute Gasteiger partial charge is 0.307 e. The monoisotopic (exact) mass is 436 g/mol. The second kappa shape index (κ2) is 8.35. The lowest BCUT2D eigenvalue weighted by molar-refractivity contribution is -0.141. The minimum Gasteiger partial charge on any atom is -0.481 e. The third-order valence-corrected chi connectivity index (χ3v) is 6.58. The molecule has 4 heterocycles. The summed E-state index contributed by atoms with van der Waals surface area (Å²) in [5, 5.41) is 10.3. The van der Waals surface area contributed by atoms with Gasteiger partial charge in [-0.25, -0.2) is 9.37 Å². The lowest BCUT2D eigenvalue weighted by Gasteiger charge is -2.30. The number of amides is 1. The first-order chi connectivity index (χ1) is 15.5. The van der Waals surface area contributed by atoms with Gasteiger partial charge in [0.15, 0.2) is 0 Å². The van der Waals surface area contributed by atoms with Crippen LogP contribution in [0.1, 0.15) is 23.2 Å².